The van der Waals surface area contributed by atoms with Gasteiger partial charge in [0, 0.05) is 11.4 Å². The second-order valence-corrected chi connectivity index (χ2v) is 5.54. The first-order valence-corrected chi connectivity index (χ1v) is 7.07. The second-order valence-electron chi connectivity index (χ2n) is 4.68. The van der Waals surface area contributed by atoms with Crippen LogP contribution in [-0.4, -0.2) is 15.8 Å². The number of nitro groups is 1. The number of nitrogen functional groups attached to an aromatic ring is 1. The molecule has 21 heavy (non-hydrogen) atoms. The summed E-state index contributed by atoms with van der Waals surface area (Å²) in [6.45, 7) is 4.00. The van der Waals surface area contributed by atoms with Crippen molar-refractivity contribution in [1.82, 2.24) is 4.98 Å². The van der Waals surface area contributed by atoms with E-state index >= 15 is 0 Å². The van der Waals surface area contributed by atoms with Gasteiger partial charge in [-0.25, -0.2) is 4.98 Å². The van der Waals surface area contributed by atoms with Crippen molar-refractivity contribution in [2.75, 3.05) is 11.1 Å². The monoisotopic (exact) mass is 306 g/mol. The number of para-hydroxylation sites is 1. The quantitative estimate of drug-likeness (QED) is 0.512. The Morgan fingerprint density at radius 2 is 2.19 bits per heavy atom. The zero-order valence-electron chi connectivity index (χ0n) is 11.5. The van der Waals surface area contributed by atoms with Crippen LogP contribution in [0.5, 0.6) is 0 Å². The zero-order chi connectivity index (χ0) is 15.6. The van der Waals surface area contributed by atoms with Crippen molar-refractivity contribution < 1.29 is 9.72 Å². The third-order valence-electron chi connectivity index (χ3n) is 2.86. The molecule has 2 rings (SSSR count). The van der Waals surface area contributed by atoms with Gasteiger partial charge in [-0.15, -0.1) is 11.3 Å². The minimum Gasteiger partial charge on any atom is -0.393 e. The molecule has 0 bridgehead atoms. The molecule has 0 aliphatic heterocycles. The van der Waals surface area contributed by atoms with Gasteiger partial charge >= 0.3 is 0 Å². The minimum atomic E-state index is -0.619. The molecule has 1 aromatic heterocycles. The number of carbonyl (C=O) groups is 1. The van der Waals surface area contributed by atoms with Crippen molar-refractivity contribution in [3.8, 4) is 0 Å². The third-order valence-corrected chi connectivity index (χ3v) is 3.63. The third kappa shape index (κ3) is 3.16. The van der Waals surface area contributed by atoms with E-state index in [-0.39, 0.29) is 22.9 Å². The van der Waals surface area contributed by atoms with Gasteiger partial charge in [-0.1, -0.05) is 19.9 Å². The molecular weight excluding hydrogens is 292 g/mol. The normalized spacial score (nSPS) is 10.6. The second kappa shape index (κ2) is 5.88. The van der Waals surface area contributed by atoms with Gasteiger partial charge in [0.1, 0.15) is 5.69 Å². The number of amides is 1. The molecule has 3 N–H and O–H groups in total. The molecule has 0 atom stereocenters. The summed E-state index contributed by atoms with van der Waals surface area (Å²) in [7, 11) is 0. The van der Waals surface area contributed by atoms with E-state index in [0.29, 0.717) is 5.13 Å². The molecule has 8 heteroatoms. The molecule has 1 amide bonds. The lowest BCUT2D eigenvalue weighted by atomic mass is 10.1. The fraction of sp³-hybridized carbons (Fsp3) is 0.231. The van der Waals surface area contributed by atoms with Crippen molar-refractivity contribution >= 4 is 33.8 Å². The summed E-state index contributed by atoms with van der Waals surface area (Å²) in [6, 6.07) is 4.12. The highest BCUT2D eigenvalue weighted by molar-refractivity contribution is 7.14. The largest absolute Gasteiger partial charge is 0.393 e. The van der Waals surface area contributed by atoms with Crippen LogP contribution in [0.4, 0.5) is 16.5 Å². The Morgan fingerprint density at radius 3 is 2.76 bits per heavy atom. The van der Waals surface area contributed by atoms with Crippen molar-refractivity contribution in [1.29, 1.82) is 0 Å². The van der Waals surface area contributed by atoms with Crippen molar-refractivity contribution in [2.24, 2.45) is 0 Å². The van der Waals surface area contributed by atoms with Crippen LogP contribution in [0.2, 0.25) is 0 Å². The summed E-state index contributed by atoms with van der Waals surface area (Å²) in [6.07, 6.45) is 0. The number of nitro benzene ring substituents is 1. The van der Waals surface area contributed by atoms with E-state index in [2.05, 4.69) is 10.3 Å². The first-order chi connectivity index (χ1) is 9.90. The van der Waals surface area contributed by atoms with Crippen LogP contribution in [0.25, 0.3) is 0 Å². The van der Waals surface area contributed by atoms with E-state index in [9.17, 15) is 14.9 Å². The number of carbonyl (C=O) groups excluding carboxylic acids is 1. The van der Waals surface area contributed by atoms with Crippen LogP contribution in [0.1, 0.15) is 35.8 Å². The first-order valence-electron chi connectivity index (χ1n) is 6.19. The Kier molecular flexibility index (Phi) is 4.18. The van der Waals surface area contributed by atoms with Crippen LogP contribution >= 0.6 is 11.3 Å². The number of nitrogens with zero attached hydrogens (tertiary/aromatic N) is 2. The molecule has 0 spiro atoms. The minimum absolute atomic E-state index is 0.0606. The van der Waals surface area contributed by atoms with Gasteiger partial charge in [0.05, 0.1) is 16.2 Å². The van der Waals surface area contributed by atoms with Crippen LogP contribution in [-0.2, 0) is 0 Å². The van der Waals surface area contributed by atoms with Crippen LogP contribution in [0.15, 0.2) is 23.6 Å². The Morgan fingerprint density at radius 1 is 1.48 bits per heavy atom. The van der Waals surface area contributed by atoms with Crippen molar-refractivity contribution in [3.63, 3.8) is 0 Å². The smallest absolute Gasteiger partial charge is 0.292 e. The molecule has 110 valence electrons. The molecule has 0 aliphatic rings. The van der Waals surface area contributed by atoms with Gasteiger partial charge < -0.3 is 5.73 Å². The number of benzene rings is 1. The number of hydrogen-bond acceptors (Lipinski definition) is 6. The number of hydrogen-bond donors (Lipinski definition) is 2. The fourth-order valence-corrected chi connectivity index (χ4v) is 2.55. The number of thiazole rings is 1. The van der Waals surface area contributed by atoms with E-state index in [1.807, 2.05) is 19.2 Å². The summed E-state index contributed by atoms with van der Waals surface area (Å²) >= 11 is 1.30. The molecule has 0 saturated heterocycles. The van der Waals surface area contributed by atoms with E-state index in [1.165, 1.54) is 29.5 Å². The summed E-state index contributed by atoms with van der Waals surface area (Å²) in [4.78, 5) is 26.6. The molecule has 7 nitrogen and oxygen atoms in total. The van der Waals surface area contributed by atoms with Gasteiger partial charge in [-0.2, -0.15) is 0 Å². The van der Waals surface area contributed by atoms with Crippen LogP contribution in [0, 0.1) is 10.1 Å². The van der Waals surface area contributed by atoms with Crippen LogP contribution in [0.3, 0.4) is 0 Å². The van der Waals surface area contributed by atoms with Gasteiger partial charge in [-0.05, 0) is 12.0 Å². The van der Waals surface area contributed by atoms with Gasteiger partial charge in [0.2, 0.25) is 0 Å². The SMILES string of the molecule is CC(C)c1csc(NC(=O)c2cccc([N+](=O)[O-])c2N)n1. The van der Waals surface area contributed by atoms with E-state index in [4.69, 9.17) is 5.73 Å². The van der Waals surface area contributed by atoms with E-state index < -0.39 is 10.8 Å². The summed E-state index contributed by atoms with van der Waals surface area (Å²) in [5.74, 6) is -0.254. The van der Waals surface area contributed by atoms with E-state index in [1.54, 1.807) is 0 Å². The van der Waals surface area contributed by atoms with Gasteiger partial charge in [0.15, 0.2) is 5.13 Å². The molecule has 0 saturated carbocycles. The lowest BCUT2D eigenvalue weighted by Gasteiger charge is -2.05. The van der Waals surface area contributed by atoms with Crippen molar-refractivity contribution in [3.05, 3.63) is 45.0 Å². The highest BCUT2D eigenvalue weighted by atomic mass is 32.1. The molecule has 1 aromatic carbocycles. The molecule has 0 unspecified atom stereocenters. The molecule has 0 radical (unpaired) electrons. The molecule has 2 aromatic rings. The number of rotatable bonds is 4. The predicted octanol–water partition coefficient (Wildman–Crippen LogP) is 3.01. The predicted molar refractivity (Wildman–Crippen MR) is 81.7 cm³/mol. The Labute approximate surface area is 125 Å². The maximum Gasteiger partial charge on any atom is 0.292 e. The average Bonchev–Trinajstić information content (AvgIpc) is 2.87. The Balaban J connectivity index is 2.24. The molecule has 0 fully saturated rings. The summed E-state index contributed by atoms with van der Waals surface area (Å²) < 4.78 is 0. The van der Waals surface area contributed by atoms with Crippen molar-refractivity contribution in [2.45, 2.75) is 19.8 Å². The van der Waals surface area contributed by atoms with Crippen LogP contribution < -0.4 is 11.1 Å². The molecular formula is C13H14N4O3S. The number of nitrogens with one attached hydrogen (secondary N) is 1. The average molecular weight is 306 g/mol. The highest BCUT2D eigenvalue weighted by Gasteiger charge is 2.19. The van der Waals surface area contributed by atoms with Gasteiger partial charge in [0.25, 0.3) is 11.6 Å². The number of anilines is 2. The number of nitrogens with two attached hydrogens (primary N) is 1. The van der Waals surface area contributed by atoms with E-state index in [0.717, 1.165) is 5.69 Å². The zero-order valence-corrected chi connectivity index (χ0v) is 12.3. The summed E-state index contributed by atoms with van der Waals surface area (Å²) in [5, 5.41) is 15.7. The lowest BCUT2D eigenvalue weighted by Crippen LogP contribution is -2.14. The first kappa shape index (κ1) is 14.9. The lowest BCUT2D eigenvalue weighted by molar-refractivity contribution is -0.383. The fourth-order valence-electron chi connectivity index (χ4n) is 1.68. The standard InChI is InChI=1S/C13H14N4O3S/c1-7(2)9-6-21-13(15-9)16-12(18)8-4-3-5-10(11(8)14)17(19)20/h3-7H,14H2,1-2H3,(H,15,16,18). The molecule has 0 aliphatic carbocycles. The topological polar surface area (TPSA) is 111 Å². The maximum atomic E-state index is 12.1. The maximum absolute atomic E-state index is 12.1. The van der Waals surface area contributed by atoms with Gasteiger partial charge in [-0.3, -0.25) is 20.2 Å². The Hall–Kier alpha value is -2.48. The molecule has 1 heterocycles. The summed E-state index contributed by atoms with van der Waals surface area (Å²) in [5.41, 5.74) is 6.17. The highest BCUT2D eigenvalue weighted by Crippen LogP contribution is 2.27. The number of aromatic nitrogens is 1. The Bertz CT molecular complexity index is 696.